The molecule has 1 N–H and O–H groups in total. The average Bonchev–Trinajstić information content (AvgIpc) is 2.89. The summed E-state index contributed by atoms with van der Waals surface area (Å²) in [6.45, 7) is 5.19. The van der Waals surface area contributed by atoms with E-state index in [-0.39, 0.29) is 0 Å². The van der Waals surface area contributed by atoms with Gasteiger partial charge in [-0.15, -0.1) is 0 Å². The third kappa shape index (κ3) is 3.94. The van der Waals surface area contributed by atoms with Crippen molar-refractivity contribution in [2.75, 3.05) is 40.3 Å². The minimum absolute atomic E-state index is 0.753. The standard InChI is InChI=1S/C14H29N3/c1-15-13-6-5-7-14(12-13)16(2)10-11-17-8-3-4-9-17/h13-15H,3-12H2,1-2H3. The molecule has 0 aromatic rings. The van der Waals surface area contributed by atoms with Crippen LogP contribution in [0.5, 0.6) is 0 Å². The van der Waals surface area contributed by atoms with Crippen molar-refractivity contribution in [2.24, 2.45) is 0 Å². The van der Waals surface area contributed by atoms with E-state index in [4.69, 9.17) is 0 Å². The van der Waals surface area contributed by atoms with Crippen LogP contribution in [0.1, 0.15) is 38.5 Å². The highest BCUT2D eigenvalue weighted by atomic mass is 15.2. The zero-order valence-corrected chi connectivity index (χ0v) is 11.6. The van der Waals surface area contributed by atoms with Crippen LogP contribution < -0.4 is 5.32 Å². The van der Waals surface area contributed by atoms with E-state index in [1.807, 2.05) is 0 Å². The molecule has 100 valence electrons. The molecule has 1 aliphatic heterocycles. The molecule has 1 aliphatic carbocycles. The fraction of sp³-hybridized carbons (Fsp3) is 1.00. The molecule has 2 fully saturated rings. The van der Waals surface area contributed by atoms with E-state index >= 15 is 0 Å². The molecule has 0 aromatic carbocycles. The SMILES string of the molecule is CNC1CCCC(N(C)CCN2CCCC2)C1. The molecule has 0 amide bonds. The summed E-state index contributed by atoms with van der Waals surface area (Å²) in [4.78, 5) is 5.22. The lowest BCUT2D eigenvalue weighted by Crippen LogP contribution is -2.44. The highest BCUT2D eigenvalue weighted by Gasteiger charge is 2.24. The normalized spacial score (nSPS) is 31.2. The number of likely N-dealkylation sites (tertiary alicyclic amines) is 1. The van der Waals surface area contributed by atoms with Crippen molar-refractivity contribution in [1.82, 2.24) is 15.1 Å². The number of rotatable bonds is 5. The quantitative estimate of drug-likeness (QED) is 0.785. The van der Waals surface area contributed by atoms with Gasteiger partial charge in [-0.1, -0.05) is 6.42 Å². The zero-order valence-electron chi connectivity index (χ0n) is 11.6. The van der Waals surface area contributed by atoms with Crippen LogP contribution in [-0.2, 0) is 0 Å². The van der Waals surface area contributed by atoms with E-state index in [9.17, 15) is 0 Å². The van der Waals surface area contributed by atoms with Crippen LogP contribution in [0.25, 0.3) is 0 Å². The Labute approximate surface area is 107 Å². The number of nitrogens with one attached hydrogen (secondary N) is 1. The summed E-state index contributed by atoms with van der Waals surface area (Å²) < 4.78 is 0. The van der Waals surface area contributed by atoms with Gasteiger partial charge in [0.05, 0.1) is 0 Å². The fourth-order valence-electron chi connectivity index (χ4n) is 3.31. The molecule has 1 heterocycles. The monoisotopic (exact) mass is 239 g/mol. The van der Waals surface area contributed by atoms with Crippen LogP contribution in [0.2, 0.25) is 0 Å². The fourth-order valence-corrected chi connectivity index (χ4v) is 3.31. The molecule has 3 nitrogen and oxygen atoms in total. The lowest BCUT2D eigenvalue weighted by Gasteiger charge is -2.36. The van der Waals surface area contributed by atoms with Gasteiger partial charge in [0.1, 0.15) is 0 Å². The van der Waals surface area contributed by atoms with E-state index in [1.165, 1.54) is 64.7 Å². The Bertz CT molecular complexity index is 214. The van der Waals surface area contributed by atoms with Crippen LogP contribution in [0.3, 0.4) is 0 Å². The number of hydrogen-bond donors (Lipinski definition) is 1. The van der Waals surface area contributed by atoms with Gasteiger partial charge >= 0.3 is 0 Å². The first-order valence-corrected chi connectivity index (χ1v) is 7.39. The van der Waals surface area contributed by atoms with Crippen LogP contribution in [0.15, 0.2) is 0 Å². The van der Waals surface area contributed by atoms with E-state index in [1.54, 1.807) is 0 Å². The second-order valence-electron chi connectivity index (χ2n) is 5.84. The molecule has 17 heavy (non-hydrogen) atoms. The first kappa shape index (κ1) is 13.3. The topological polar surface area (TPSA) is 18.5 Å². The molecule has 0 radical (unpaired) electrons. The predicted octanol–water partition coefficient (Wildman–Crippen LogP) is 1.54. The molecule has 1 saturated carbocycles. The summed E-state index contributed by atoms with van der Waals surface area (Å²) >= 11 is 0. The largest absolute Gasteiger partial charge is 0.317 e. The Morgan fingerprint density at radius 2 is 1.94 bits per heavy atom. The van der Waals surface area contributed by atoms with Crippen molar-refractivity contribution >= 4 is 0 Å². The number of hydrogen-bond acceptors (Lipinski definition) is 3. The second-order valence-corrected chi connectivity index (χ2v) is 5.84. The van der Waals surface area contributed by atoms with Gasteiger partial charge in [0.25, 0.3) is 0 Å². The van der Waals surface area contributed by atoms with E-state index in [0.29, 0.717) is 0 Å². The summed E-state index contributed by atoms with van der Waals surface area (Å²) in [5, 5.41) is 3.45. The van der Waals surface area contributed by atoms with Crippen molar-refractivity contribution in [1.29, 1.82) is 0 Å². The minimum Gasteiger partial charge on any atom is -0.317 e. The summed E-state index contributed by atoms with van der Waals surface area (Å²) in [6, 6.07) is 1.56. The van der Waals surface area contributed by atoms with E-state index in [0.717, 1.165) is 12.1 Å². The van der Waals surface area contributed by atoms with Crippen LogP contribution >= 0.6 is 0 Å². The molecule has 3 heteroatoms. The maximum absolute atomic E-state index is 3.45. The summed E-state index contributed by atoms with van der Waals surface area (Å²) in [7, 11) is 4.43. The van der Waals surface area contributed by atoms with Crippen molar-refractivity contribution in [3.63, 3.8) is 0 Å². The van der Waals surface area contributed by atoms with E-state index < -0.39 is 0 Å². The maximum Gasteiger partial charge on any atom is 0.0109 e. The minimum atomic E-state index is 0.753. The molecule has 2 unspecified atom stereocenters. The van der Waals surface area contributed by atoms with Gasteiger partial charge in [-0.05, 0) is 59.3 Å². The molecule has 0 spiro atoms. The van der Waals surface area contributed by atoms with Gasteiger partial charge in [0.15, 0.2) is 0 Å². The van der Waals surface area contributed by atoms with Crippen molar-refractivity contribution in [2.45, 2.75) is 50.6 Å². The van der Waals surface area contributed by atoms with Crippen LogP contribution in [0.4, 0.5) is 0 Å². The van der Waals surface area contributed by atoms with Gasteiger partial charge < -0.3 is 15.1 Å². The Morgan fingerprint density at radius 1 is 1.18 bits per heavy atom. The zero-order chi connectivity index (χ0) is 12.1. The van der Waals surface area contributed by atoms with Crippen molar-refractivity contribution < 1.29 is 0 Å². The maximum atomic E-state index is 3.45. The van der Waals surface area contributed by atoms with Gasteiger partial charge in [-0.3, -0.25) is 0 Å². The van der Waals surface area contributed by atoms with Gasteiger partial charge in [-0.25, -0.2) is 0 Å². The van der Waals surface area contributed by atoms with Gasteiger partial charge in [-0.2, -0.15) is 0 Å². The average molecular weight is 239 g/mol. The van der Waals surface area contributed by atoms with Crippen LogP contribution in [0, 0.1) is 0 Å². The lowest BCUT2D eigenvalue weighted by molar-refractivity contribution is 0.155. The molecule has 0 bridgehead atoms. The Morgan fingerprint density at radius 3 is 2.65 bits per heavy atom. The molecule has 2 aliphatic rings. The second kappa shape index (κ2) is 6.72. The third-order valence-electron chi connectivity index (χ3n) is 4.65. The highest BCUT2D eigenvalue weighted by molar-refractivity contribution is 4.82. The van der Waals surface area contributed by atoms with E-state index in [2.05, 4.69) is 29.2 Å². The Balaban J connectivity index is 1.68. The summed E-state index contributed by atoms with van der Waals surface area (Å²) in [5.74, 6) is 0. The van der Waals surface area contributed by atoms with Crippen molar-refractivity contribution in [3.05, 3.63) is 0 Å². The molecule has 0 aromatic heterocycles. The molecule has 2 rings (SSSR count). The van der Waals surface area contributed by atoms with Gasteiger partial charge in [0.2, 0.25) is 0 Å². The molecule has 2 atom stereocenters. The smallest absolute Gasteiger partial charge is 0.0109 e. The highest BCUT2D eigenvalue weighted by Crippen LogP contribution is 2.22. The lowest BCUT2D eigenvalue weighted by atomic mass is 9.90. The Hall–Kier alpha value is -0.120. The van der Waals surface area contributed by atoms with Crippen molar-refractivity contribution in [3.8, 4) is 0 Å². The first-order chi connectivity index (χ1) is 8.29. The summed E-state index contributed by atoms with van der Waals surface area (Å²) in [5.41, 5.74) is 0. The number of likely N-dealkylation sites (N-methyl/N-ethyl adjacent to an activating group) is 1. The molecular formula is C14H29N3. The Kier molecular flexibility index (Phi) is 5.26. The summed E-state index contributed by atoms with van der Waals surface area (Å²) in [6.07, 6.45) is 8.32. The third-order valence-corrected chi connectivity index (χ3v) is 4.65. The molecule has 1 saturated heterocycles. The number of nitrogens with zero attached hydrogens (tertiary/aromatic N) is 2. The molecular weight excluding hydrogens is 210 g/mol. The van der Waals surface area contributed by atoms with Gasteiger partial charge in [0, 0.05) is 25.2 Å². The van der Waals surface area contributed by atoms with Crippen LogP contribution in [-0.4, -0.2) is 62.2 Å². The predicted molar refractivity (Wildman–Crippen MR) is 73.4 cm³/mol. The first-order valence-electron chi connectivity index (χ1n) is 7.39.